The van der Waals surface area contributed by atoms with E-state index in [4.69, 9.17) is 0 Å². The van der Waals surface area contributed by atoms with Crippen LogP contribution in [0.25, 0.3) is 0 Å². The minimum atomic E-state index is 0.590. The number of nitrogens with one attached hydrogen (secondary N) is 1. The van der Waals surface area contributed by atoms with Crippen molar-refractivity contribution in [1.82, 2.24) is 5.32 Å². The lowest BCUT2D eigenvalue weighted by Crippen LogP contribution is -2.29. The predicted molar refractivity (Wildman–Crippen MR) is 76.4 cm³/mol. The van der Waals surface area contributed by atoms with E-state index in [0.29, 0.717) is 6.04 Å². The fraction of sp³-hybridized carbons (Fsp3) is 0.625. The summed E-state index contributed by atoms with van der Waals surface area (Å²) in [5, 5.41) is 3.56. The van der Waals surface area contributed by atoms with Crippen LogP contribution in [0, 0.1) is 12.8 Å². The Morgan fingerprint density at radius 3 is 2.29 bits per heavy atom. The molecule has 1 N–H and O–H groups in total. The van der Waals surface area contributed by atoms with Crippen LogP contribution in [0.15, 0.2) is 24.3 Å². The van der Waals surface area contributed by atoms with Crippen molar-refractivity contribution in [1.29, 1.82) is 0 Å². The van der Waals surface area contributed by atoms with Crippen LogP contribution in [0.2, 0.25) is 0 Å². The second-order valence-corrected chi connectivity index (χ2v) is 5.41. The molecule has 96 valence electrons. The molecule has 0 saturated carbocycles. The summed E-state index contributed by atoms with van der Waals surface area (Å²) in [7, 11) is 0. The first-order valence-corrected chi connectivity index (χ1v) is 6.90. The monoisotopic (exact) mass is 233 g/mol. The van der Waals surface area contributed by atoms with Gasteiger partial charge in [-0.25, -0.2) is 0 Å². The fourth-order valence-corrected chi connectivity index (χ4v) is 2.14. The maximum atomic E-state index is 3.56. The standard InChI is InChI=1S/C16H27N/c1-5-6-16(12-17-13(2)3)11-15-9-7-14(4)8-10-15/h7-10,13,16-17H,5-6,11-12H2,1-4H3. The molecule has 0 aliphatic rings. The van der Waals surface area contributed by atoms with Crippen molar-refractivity contribution in [3.63, 3.8) is 0 Å². The highest BCUT2D eigenvalue weighted by Crippen LogP contribution is 2.14. The van der Waals surface area contributed by atoms with Gasteiger partial charge in [-0.2, -0.15) is 0 Å². The average Bonchev–Trinajstić information content (AvgIpc) is 2.29. The lowest BCUT2D eigenvalue weighted by atomic mass is 9.94. The summed E-state index contributed by atoms with van der Waals surface area (Å²) in [6.07, 6.45) is 3.79. The predicted octanol–water partition coefficient (Wildman–Crippen LogP) is 3.95. The van der Waals surface area contributed by atoms with E-state index >= 15 is 0 Å². The molecule has 0 saturated heterocycles. The van der Waals surface area contributed by atoms with E-state index < -0.39 is 0 Å². The summed E-state index contributed by atoms with van der Waals surface area (Å²) in [6, 6.07) is 9.57. The molecule has 1 nitrogen and oxygen atoms in total. The van der Waals surface area contributed by atoms with Gasteiger partial charge in [0.15, 0.2) is 0 Å². The van der Waals surface area contributed by atoms with Crippen molar-refractivity contribution in [2.24, 2.45) is 5.92 Å². The van der Waals surface area contributed by atoms with Crippen molar-refractivity contribution < 1.29 is 0 Å². The van der Waals surface area contributed by atoms with Crippen molar-refractivity contribution in [3.8, 4) is 0 Å². The molecule has 17 heavy (non-hydrogen) atoms. The van der Waals surface area contributed by atoms with Crippen LogP contribution in [0.4, 0.5) is 0 Å². The van der Waals surface area contributed by atoms with Crippen molar-refractivity contribution in [2.75, 3.05) is 6.54 Å². The first-order chi connectivity index (χ1) is 8.11. The van der Waals surface area contributed by atoms with Gasteiger partial charge in [0.25, 0.3) is 0 Å². The Bertz CT molecular complexity index is 300. The Labute approximate surface area is 107 Å². The molecule has 1 heteroatoms. The molecular formula is C16H27N. The summed E-state index contributed by atoms with van der Waals surface area (Å²) >= 11 is 0. The van der Waals surface area contributed by atoms with E-state index in [1.54, 1.807) is 0 Å². The maximum Gasteiger partial charge on any atom is 0.00104 e. The number of aryl methyl sites for hydroxylation is 1. The zero-order valence-electron chi connectivity index (χ0n) is 11.8. The molecule has 1 aromatic carbocycles. The minimum Gasteiger partial charge on any atom is -0.314 e. The Morgan fingerprint density at radius 1 is 1.12 bits per heavy atom. The van der Waals surface area contributed by atoms with Crippen LogP contribution in [0.1, 0.15) is 44.7 Å². The smallest absolute Gasteiger partial charge is 0.00104 e. The summed E-state index contributed by atoms with van der Waals surface area (Å²) < 4.78 is 0. The zero-order chi connectivity index (χ0) is 12.7. The normalized spacial score (nSPS) is 13.0. The SMILES string of the molecule is CCCC(CNC(C)C)Cc1ccc(C)cc1. The van der Waals surface area contributed by atoms with E-state index in [2.05, 4.69) is 57.3 Å². The van der Waals surface area contributed by atoms with Gasteiger partial charge in [0.2, 0.25) is 0 Å². The quantitative estimate of drug-likeness (QED) is 0.752. The maximum absolute atomic E-state index is 3.56. The van der Waals surface area contributed by atoms with Crippen LogP contribution in [-0.4, -0.2) is 12.6 Å². The first kappa shape index (κ1) is 14.2. The van der Waals surface area contributed by atoms with Crippen LogP contribution in [0.3, 0.4) is 0 Å². The molecular weight excluding hydrogens is 206 g/mol. The first-order valence-electron chi connectivity index (χ1n) is 6.90. The Morgan fingerprint density at radius 2 is 1.76 bits per heavy atom. The number of hydrogen-bond donors (Lipinski definition) is 1. The molecule has 0 radical (unpaired) electrons. The summed E-state index contributed by atoms with van der Waals surface area (Å²) in [6.45, 7) is 9.99. The third kappa shape index (κ3) is 5.88. The van der Waals surface area contributed by atoms with Gasteiger partial charge in [0.05, 0.1) is 0 Å². The van der Waals surface area contributed by atoms with E-state index in [1.807, 2.05) is 0 Å². The van der Waals surface area contributed by atoms with Gasteiger partial charge in [-0.15, -0.1) is 0 Å². The third-order valence-electron chi connectivity index (χ3n) is 3.16. The Kier molecular flexibility index (Phi) is 6.28. The molecule has 1 atom stereocenters. The molecule has 1 rings (SSSR count). The van der Waals surface area contributed by atoms with Gasteiger partial charge in [-0.1, -0.05) is 57.0 Å². The van der Waals surface area contributed by atoms with E-state index in [9.17, 15) is 0 Å². The lowest BCUT2D eigenvalue weighted by Gasteiger charge is -2.19. The van der Waals surface area contributed by atoms with E-state index in [-0.39, 0.29) is 0 Å². The van der Waals surface area contributed by atoms with Crippen LogP contribution in [-0.2, 0) is 6.42 Å². The van der Waals surface area contributed by atoms with E-state index in [1.165, 1.54) is 30.4 Å². The molecule has 1 unspecified atom stereocenters. The summed E-state index contributed by atoms with van der Waals surface area (Å²) in [5.74, 6) is 0.769. The molecule has 0 bridgehead atoms. The molecule has 0 amide bonds. The van der Waals surface area contributed by atoms with Gasteiger partial charge in [-0.05, 0) is 37.8 Å². The average molecular weight is 233 g/mol. The van der Waals surface area contributed by atoms with Gasteiger partial charge < -0.3 is 5.32 Å². The van der Waals surface area contributed by atoms with Crippen molar-refractivity contribution >= 4 is 0 Å². The Hall–Kier alpha value is -0.820. The van der Waals surface area contributed by atoms with Crippen molar-refractivity contribution in [3.05, 3.63) is 35.4 Å². The molecule has 0 aliphatic carbocycles. The second-order valence-electron chi connectivity index (χ2n) is 5.41. The van der Waals surface area contributed by atoms with Crippen LogP contribution >= 0.6 is 0 Å². The highest BCUT2D eigenvalue weighted by Gasteiger charge is 2.09. The number of rotatable bonds is 7. The van der Waals surface area contributed by atoms with Crippen LogP contribution < -0.4 is 5.32 Å². The van der Waals surface area contributed by atoms with Gasteiger partial charge in [0.1, 0.15) is 0 Å². The number of hydrogen-bond acceptors (Lipinski definition) is 1. The van der Waals surface area contributed by atoms with Crippen LogP contribution in [0.5, 0.6) is 0 Å². The minimum absolute atomic E-state index is 0.590. The highest BCUT2D eigenvalue weighted by atomic mass is 14.9. The summed E-state index contributed by atoms with van der Waals surface area (Å²) in [5.41, 5.74) is 2.82. The molecule has 0 spiro atoms. The van der Waals surface area contributed by atoms with E-state index in [0.717, 1.165) is 12.5 Å². The number of benzene rings is 1. The summed E-state index contributed by atoms with van der Waals surface area (Å²) in [4.78, 5) is 0. The lowest BCUT2D eigenvalue weighted by molar-refractivity contribution is 0.418. The van der Waals surface area contributed by atoms with Gasteiger partial charge in [-0.3, -0.25) is 0 Å². The second kappa shape index (κ2) is 7.50. The topological polar surface area (TPSA) is 12.0 Å². The molecule has 0 aliphatic heterocycles. The zero-order valence-corrected chi connectivity index (χ0v) is 11.8. The highest BCUT2D eigenvalue weighted by molar-refractivity contribution is 5.21. The molecule has 0 heterocycles. The van der Waals surface area contributed by atoms with Gasteiger partial charge in [0, 0.05) is 6.04 Å². The Balaban J connectivity index is 2.50. The van der Waals surface area contributed by atoms with Crippen molar-refractivity contribution in [2.45, 2.75) is 53.0 Å². The third-order valence-corrected chi connectivity index (χ3v) is 3.16. The van der Waals surface area contributed by atoms with Gasteiger partial charge >= 0.3 is 0 Å². The molecule has 0 fully saturated rings. The fourth-order valence-electron chi connectivity index (χ4n) is 2.14. The largest absolute Gasteiger partial charge is 0.314 e. The molecule has 0 aromatic heterocycles. The molecule has 1 aromatic rings.